The van der Waals surface area contributed by atoms with Gasteiger partial charge in [0.15, 0.2) is 0 Å². The van der Waals surface area contributed by atoms with Gasteiger partial charge in [-0.1, -0.05) is 6.07 Å². The first-order valence-electron chi connectivity index (χ1n) is 6.91. The van der Waals surface area contributed by atoms with E-state index in [0.717, 1.165) is 30.0 Å². The molecule has 0 saturated carbocycles. The topological polar surface area (TPSA) is 30.5 Å². The lowest BCUT2D eigenvalue weighted by atomic mass is 9.96. The Hall–Kier alpha value is -2.16. The number of nitrogens with one attached hydrogen (secondary N) is 1. The first-order chi connectivity index (χ1) is 9.81. The number of benzene rings is 2. The van der Waals surface area contributed by atoms with Crippen molar-refractivity contribution in [3.8, 4) is 22.6 Å². The Labute approximate surface area is 119 Å². The zero-order valence-electron chi connectivity index (χ0n) is 11.9. The lowest BCUT2D eigenvalue weighted by Crippen LogP contribution is -2.11. The first-order valence-corrected chi connectivity index (χ1v) is 6.91. The standard InChI is InChI=1S/C17H19NO2/c1-19-14-6-8-17(20-2)15(11-14)12-5-7-16-13(10-12)4-3-9-18-16/h5-8,10-11,18H,3-4,9H2,1-2H3. The van der Waals surface area contributed by atoms with Crippen LogP contribution in [0.5, 0.6) is 11.5 Å². The van der Waals surface area contributed by atoms with Crippen LogP contribution in [0, 0.1) is 0 Å². The maximum absolute atomic E-state index is 5.47. The summed E-state index contributed by atoms with van der Waals surface area (Å²) in [5, 5.41) is 3.44. The summed E-state index contributed by atoms with van der Waals surface area (Å²) in [7, 11) is 3.38. The van der Waals surface area contributed by atoms with E-state index in [1.165, 1.54) is 23.2 Å². The second-order valence-corrected chi connectivity index (χ2v) is 4.97. The normalized spacial score (nSPS) is 13.3. The average molecular weight is 269 g/mol. The molecule has 3 rings (SSSR count). The van der Waals surface area contributed by atoms with Crippen LogP contribution in [0.4, 0.5) is 5.69 Å². The summed E-state index contributed by atoms with van der Waals surface area (Å²) >= 11 is 0. The molecule has 0 saturated heterocycles. The Balaban J connectivity index is 2.07. The Morgan fingerprint density at radius 2 is 1.90 bits per heavy atom. The predicted molar refractivity (Wildman–Crippen MR) is 81.8 cm³/mol. The second-order valence-electron chi connectivity index (χ2n) is 4.97. The minimum Gasteiger partial charge on any atom is -0.497 e. The van der Waals surface area contributed by atoms with E-state index in [-0.39, 0.29) is 0 Å². The van der Waals surface area contributed by atoms with Crippen LogP contribution in [0.25, 0.3) is 11.1 Å². The Morgan fingerprint density at radius 3 is 2.70 bits per heavy atom. The van der Waals surface area contributed by atoms with Gasteiger partial charge in [0, 0.05) is 17.8 Å². The van der Waals surface area contributed by atoms with E-state index in [9.17, 15) is 0 Å². The van der Waals surface area contributed by atoms with Crippen LogP contribution in [0.15, 0.2) is 36.4 Å². The monoisotopic (exact) mass is 269 g/mol. The van der Waals surface area contributed by atoms with Crippen molar-refractivity contribution < 1.29 is 9.47 Å². The van der Waals surface area contributed by atoms with E-state index in [2.05, 4.69) is 23.5 Å². The Bertz CT molecular complexity index is 622. The molecule has 0 fully saturated rings. The van der Waals surface area contributed by atoms with Gasteiger partial charge in [-0.05, 0) is 54.3 Å². The second kappa shape index (κ2) is 5.45. The van der Waals surface area contributed by atoms with Crippen molar-refractivity contribution in [1.29, 1.82) is 0 Å². The van der Waals surface area contributed by atoms with Gasteiger partial charge < -0.3 is 14.8 Å². The van der Waals surface area contributed by atoms with Gasteiger partial charge in [0.1, 0.15) is 11.5 Å². The van der Waals surface area contributed by atoms with Crippen molar-refractivity contribution in [2.75, 3.05) is 26.1 Å². The van der Waals surface area contributed by atoms with Crippen LogP contribution >= 0.6 is 0 Å². The van der Waals surface area contributed by atoms with Gasteiger partial charge in [-0.15, -0.1) is 0 Å². The molecule has 3 nitrogen and oxygen atoms in total. The van der Waals surface area contributed by atoms with Gasteiger partial charge in [0.05, 0.1) is 14.2 Å². The Morgan fingerprint density at radius 1 is 1.00 bits per heavy atom. The molecule has 0 amide bonds. The number of fused-ring (bicyclic) bond motifs is 1. The molecular formula is C17H19NO2. The Kier molecular flexibility index (Phi) is 3.50. The van der Waals surface area contributed by atoms with Crippen molar-refractivity contribution in [2.24, 2.45) is 0 Å². The highest BCUT2D eigenvalue weighted by atomic mass is 16.5. The lowest BCUT2D eigenvalue weighted by molar-refractivity contribution is 0.404. The fourth-order valence-electron chi connectivity index (χ4n) is 2.68. The molecule has 1 N–H and O–H groups in total. The van der Waals surface area contributed by atoms with Gasteiger partial charge in [-0.3, -0.25) is 0 Å². The van der Waals surface area contributed by atoms with E-state index in [1.54, 1.807) is 14.2 Å². The smallest absolute Gasteiger partial charge is 0.126 e. The van der Waals surface area contributed by atoms with Gasteiger partial charge in [-0.25, -0.2) is 0 Å². The lowest BCUT2D eigenvalue weighted by Gasteiger charge is -2.19. The van der Waals surface area contributed by atoms with E-state index < -0.39 is 0 Å². The maximum Gasteiger partial charge on any atom is 0.126 e. The third-order valence-electron chi connectivity index (χ3n) is 3.76. The maximum atomic E-state index is 5.47. The van der Waals surface area contributed by atoms with Crippen molar-refractivity contribution in [3.05, 3.63) is 42.0 Å². The minimum atomic E-state index is 0.844. The SMILES string of the molecule is COc1ccc(OC)c(-c2ccc3c(c2)CCCN3)c1. The molecule has 1 aliphatic heterocycles. The van der Waals surface area contributed by atoms with Crippen LogP contribution in [0.1, 0.15) is 12.0 Å². The quantitative estimate of drug-likeness (QED) is 0.921. The molecule has 104 valence electrons. The van der Waals surface area contributed by atoms with Crippen molar-refractivity contribution in [1.82, 2.24) is 0 Å². The van der Waals surface area contributed by atoms with E-state index in [1.807, 2.05) is 18.2 Å². The largest absolute Gasteiger partial charge is 0.497 e. The fourth-order valence-corrected chi connectivity index (χ4v) is 2.68. The summed E-state index contributed by atoms with van der Waals surface area (Å²) in [5.74, 6) is 1.71. The molecule has 0 atom stereocenters. The summed E-state index contributed by atoms with van der Waals surface area (Å²) in [4.78, 5) is 0. The fraction of sp³-hybridized carbons (Fsp3) is 0.294. The third kappa shape index (κ3) is 2.31. The van der Waals surface area contributed by atoms with Crippen LogP contribution in [-0.2, 0) is 6.42 Å². The summed E-state index contributed by atoms with van der Waals surface area (Å²) in [6, 6.07) is 12.4. The van der Waals surface area contributed by atoms with Crippen molar-refractivity contribution in [2.45, 2.75) is 12.8 Å². The summed E-state index contributed by atoms with van der Waals surface area (Å²) in [6.45, 7) is 1.06. The summed E-state index contributed by atoms with van der Waals surface area (Å²) in [6.07, 6.45) is 2.31. The first kappa shape index (κ1) is 12.9. The molecule has 0 unspecified atom stereocenters. The van der Waals surface area contributed by atoms with E-state index >= 15 is 0 Å². The van der Waals surface area contributed by atoms with E-state index in [4.69, 9.17) is 9.47 Å². The molecule has 0 aliphatic carbocycles. The third-order valence-corrected chi connectivity index (χ3v) is 3.76. The number of methoxy groups -OCH3 is 2. The summed E-state index contributed by atoms with van der Waals surface area (Å²) < 4.78 is 10.8. The predicted octanol–water partition coefficient (Wildman–Crippen LogP) is 3.73. The highest BCUT2D eigenvalue weighted by molar-refractivity contribution is 5.75. The van der Waals surface area contributed by atoms with Crippen LogP contribution in [0.3, 0.4) is 0 Å². The average Bonchev–Trinajstić information content (AvgIpc) is 2.53. The number of ether oxygens (including phenoxy) is 2. The highest BCUT2D eigenvalue weighted by Crippen LogP contribution is 2.36. The number of hydrogen-bond donors (Lipinski definition) is 1. The van der Waals surface area contributed by atoms with E-state index in [0.29, 0.717) is 0 Å². The zero-order chi connectivity index (χ0) is 13.9. The molecule has 0 aromatic heterocycles. The highest BCUT2D eigenvalue weighted by Gasteiger charge is 2.12. The molecule has 20 heavy (non-hydrogen) atoms. The number of anilines is 1. The van der Waals surface area contributed by atoms with Crippen LogP contribution in [-0.4, -0.2) is 20.8 Å². The summed E-state index contributed by atoms with van der Waals surface area (Å²) in [5.41, 5.74) is 4.86. The van der Waals surface area contributed by atoms with Crippen molar-refractivity contribution in [3.63, 3.8) is 0 Å². The molecule has 2 aromatic rings. The molecule has 3 heteroatoms. The zero-order valence-corrected chi connectivity index (χ0v) is 11.9. The van der Waals surface area contributed by atoms with Crippen molar-refractivity contribution >= 4 is 5.69 Å². The number of rotatable bonds is 3. The number of aryl methyl sites for hydroxylation is 1. The molecule has 0 radical (unpaired) electrons. The van der Waals surface area contributed by atoms with Crippen LogP contribution in [0.2, 0.25) is 0 Å². The molecule has 0 spiro atoms. The molecular weight excluding hydrogens is 250 g/mol. The van der Waals surface area contributed by atoms with Gasteiger partial charge in [0.2, 0.25) is 0 Å². The molecule has 1 heterocycles. The van der Waals surface area contributed by atoms with Gasteiger partial charge >= 0.3 is 0 Å². The minimum absolute atomic E-state index is 0.844. The molecule has 2 aromatic carbocycles. The van der Waals surface area contributed by atoms with Gasteiger partial charge in [0.25, 0.3) is 0 Å². The molecule has 0 bridgehead atoms. The van der Waals surface area contributed by atoms with Crippen LogP contribution < -0.4 is 14.8 Å². The van der Waals surface area contributed by atoms with Gasteiger partial charge in [-0.2, -0.15) is 0 Å². The molecule has 1 aliphatic rings. The number of hydrogen-bond acceptors (Lipinski definition) is 3.